The fourth-order valence-electron chi connectivity index (χ4n) is 4.50. The summed E-state index contributed by atoms with van der Waals surface area (Å²) in [4.78, 5) is 43.0. The lowest BCUT2D eigenvalue weighted by molar-refractivity contribution is -0.136. The molecule has 8 heteroatoms. The number of aliphatic hydroxyl groups is 1. The van der Waals surface area contributed by atoms with Crippen LogP contribution < -0.4 is 5.32 Å². The van der Waals surface area contributed by atoms with Crippen molar-refractivity contribution in [1.82, 2.24) is 20.0 Å². The Morgan fingerprint density at radius 2 is 1.83 bits per heavy atom. The first-order chi connectivity index (χ1) is 14.1. The van der Waals surface area contributed by atoms with Crippen molar-refractivity contribution in [1.29, 1.82) is 0 Å². The third-order valence-corrected chi connectivity index (χ3v) is 6.17. The average Bonchev–Trinajstić information content (AvgIpc) is 3.05. The van der Waals surface area contributed by atoms with Gasteiger partial charge in [-0.1, -0.05) is 12.1 Å². The van der Waals surface area contributed by atoms with E-state index < -0.39 is 6.04 Å². The average molecular weight is 400 g/mol. The molecule has 0 saturated carbocycles. The number of aliphatic hydroxyl groups excluding tert-OH is 1. The summed E-state index contributed by atoms with van der Waals surface area (Å²) in [7, 11) is 0. The highest BCUT2D eigenvalue weighted by molar-refractivity contribution is 6.05. The second-order valence-electron chi connectivity index (χ2n) is 8.04. The number of carbonyl (C=O) groups excluding carboxylic acids is 3. The Morgan fingerprint density at radius 1 is 1.07 bits per heavy atom. The van der Waals surface area contributed by atoms with E-state index in [1.807, 2.05) is 12.1 Å². The maximum absolute atomic E-state index is 12.9. The molecule has 3 aliphatic heterocycles. The third kappa shape index (κ3) is 4.19. The molecule has 0 spiro atoms. The molecule has 0 aromatic heterocycles. The zero-order valence-corrected chi connectivity index (χ0v) is 16.6. The van der Waals surface area contributed by atoms with Crippen LogP contribution in [0.4, 0.5) is 0 Å². The van der Waals surface area contributed by atoms with Crippen LogP contribution in [0.25, 0.3) is 0 Å². The minimum Gasteiger partial charge on any atom is -0.396 e. The van der Waals surface area contributed by atoms with Crippen molar-refractivity contribution in [2.75, 3.05) is 39.3 Å². The van der Waals surface area contributed by atoms with Crippen molar-refractivity contribution in [3.05, 3.63) is 34.9 Å². The number of rotatable bonds is 6. The van der Waals surface area contributed by atoms with Crippen molar-refractivity contribution in [2.45, 2.75) is 38.4 Å². The number of fused-ring (bicyclic) bond motifs is 1. The number of benzene rings is 1. The van der Waals surface area contributed by atoms with Crippen molar-refractivity contribution in [3.63, 3.8) is 0 Å². The van der Waals surface area contributed by atoms with Crippen LogP contribution in [0, 0.1) is 0 Å². The van der Waals surface area contributed by atoms with Gasteiger partial charge < -0.3 is 14.9 Å². The van der Waals surface area contributed by atoms with E-state index in [1.165, 1.54) is 0 Å². The molecule has 0 bridgehead atoms. The van der Waals surface area contributed by atoms with E-state index in [1.54, 1.807) is 4.90 Å². The maximum atomic E-state index is 12.9. The Labute approximate surface area is 170 Å². The smallest absolute Gasteiger partial charge is 0.255 e. The minimum atomic E-state index is -0.574. The van der Waals surface area contributed by atoms with Crippen LogP contribution in [0.5, 0.6) is 0 Å². The Morgan fingerprint density at radius 3 is 2.55 bits per heavy atom. The van der Waals surface area contributed by atoms with E-state index in [2.05, 4.69) is 21.2 Å². The van der Waals surface area contributed by atoms with Gasteiger partial charge in [0.05, 0.1) is 0 Å². The topological polar surface area (TPSA) is 93.2 Å². The zero-order valence-electron chi connectivity index (χ0n) is 16.6. The second-order valence-corrected chi connectivity index (χ2v) is 8.04. The summed E-state index contributed by atoms with van der Waals surface area (Å²) < 4.78 is 0. The Kier molecular flexibility index (Phi) is 5.94. The van der Waals surface area contributed by atoms with Crippen LogP contribution in [0.15, 0.2) is 18.2 Å². The van der Waals surface area contributed by atoms with E-state index in [4.69, 9.17) is 5.11 Å². The van der Waals surface area contributed by atoms with Crippen LogP contribution in [-0.2, 0) is 22.7 Å². The summed E-state index contributed by atoms with van der Waals surface area (Å²) in [5.41, 5.74) is 2.81. The van der Waals surface area contributed by atoms with E-state index >= 15 is 0 Å². The normalized spacial score (nSPS) is 23.4. The Balaban J connectivity index is 1.42. The molecule has 0 radical (unpaired) electrons. The molecule has 156 valence electrons. The van der Waals surface area contributed by atoms with Gasteiger partial charge in [-0.15, -0.1) is 0 Å². The first kappa shape index (κ1) is 20.0. The lowest BCUT2D eigenvalue weighted by atomic mass is 10.0. The SMILES string of the molecule is O=C1CCC(N2Cc3c(CN4CCN(CCCO)CC4)cccc3C2=O)C(=O)N1. The van der Waals surface area contributed by atoms with Crippen LogP contribution in [0.2, 0.25) is 0 Å². The molecule has 4 rings (SSSR count). The van der Waals surface area contributed by atoms with Crippen LogP contribution in [0.1, 0.15) is 40.7 Å². The van der Waals surface area contributed by atoms with E-state index in [0.29, 0.717) is 18.5 Å². The molecule has 3 heterocycles. The van der Waals surface area contributed by atoms with Gasteiger partial charge in [-0.2, -0.15) is 0 Å². The number of piperidine rings is 1. The molecule has 8 nitrogen and oxygen atoms in total. The Bertz CT molecular complexity index is 804. The molecule has 1 aromatic rings. The first-order valence-corrected chi connectivity index (χ1v) is 10.4. The fourth-order valence-corrected chi connectivity index (χ4v) is 4.50. The molecule has 3 amide bonds. The van der Waals surface area contributed by atoms with E-state index in [9.17, 15) is 14.4 Å². The van der Waals surface area contributed by atoms with Gasteiger partial charge in [0.25, 0.3) is 5.91 Å². The summed E-state index contributed by atoms with van der Waals surface area (Å²) >= 11 is 0. The predicted molar refractivity (Wildman–Crippen MR) is 106 cm³/mol. The molecule has 2 N–H and O–H groups in total. The molecule has 29 heavy (non-hydrogen) atoms. The zero-order chi connectivity index (χ0) is 20.4. The predicted octanol–water partition coefficient (Wildman–Crippen LogP) is -0.0524. The highest BCUT2D eigenvalue weighted by Gasteiger charge is 2.39. The van der Waals surface area contributed by atoms with Crippen LogP contribution in [-0.4, -0.2) is 82.9 Å². The third-order valence-electron chi connectivity index (χ3n) is 6.17. The van der Waals surface area contributed by atoms with Gasteiger partial charge >= 0.3 is 0 Å². The summed E-state index contributed by atoms with van der Waals surface area (Å²) in [6, 6.07) is 5.24. The van der Waals surface area contributed by atoms with Crippen LogP contribution in [0.3, 0.4) is 0 Å². The maximum Gasteiger partial charge on any atom is 0.255 e. The Hall–Kier alpha value is -2.29. The van der Waals surface area contributed by atoms with Crippen molar-refractivity contribution >= 4 is 17.7 Å². The van der Waals surface area contributed by atoms with Gasteiger partial charge in [0.15, 0.2) is 0 Å². The lowest BCUT2D eigenvalue weighted by Gasteiger charge is -2.35. The van der Waals surface area contributed by atoms with E-state index in [0.717, 1.165) is 56.8 Å². The number of nitrogens with zero attached hydrogens (tertiary/aromatic N) is 3. The second kappa shape index (κ2) is 8.61. The number of imide groups is 1. The van der Waals surface area contributed by atoms with Crippen LogP contribution >= 0.6 is 0 Å². The van der Waals surface area contributed by atoms with Crippen molar-refractivity contribution < 1.29 is 19.5 Å². The molecule has 3 aliphatic rings. The number of hydrogen-bond acceptors (Lipinski definition) is 6. The molecule has 0 aliphatic carbocycles. The summed E-state index contributed by atoms with van der Waals surface area (Å²) in [5.74, 6) is -0.762. The van der Waals surface area contributed by atoms with E-state index in [-0.39, 0.29) is 30.7 Å². The van der Waals surface area contributed by atoms with Gasteiger partial charge in [0.1, 0.15) is 6.04 Å². The molecule has 2 fully saturated rings. The number of amides is 3. The first-order valence-electron chi connectivity index (χ1n) is 10.4. The number of piperazine rings is 1. The van der Waals surface area contributed by atoms with Gasteiger partial charge in [0, 0.05) is 64.4 Å². The monoisotopic (exact) mass is 400 g/mol. The molecule has 1 unspecified atom stereocenters. The number of nitrogens with one attached hydrogen (secondary N) is 1. The lowest BCUT2D eigenvalue weighted by Crippen LogP contribution is -2.52. The fraction of sp³-hybridized carbons (Fsp3) is 0.571. The summed E-state index contributed by atoms with van der Waals surface area (Å²) in [6.07, 6.45) is 1.46. The van der Waals surface area contributed by atoms with Crippen molar-refractivity contribution in [3.8, 4) is 0 Å². The molecule has 1 aromatic carbocycles. The van der Waals surface area contributed by atoms with Gasteiger partial charge in [-0.05, 0) is 30.0 Å². The van der Waals surface area contributed by atoms with Gasteiger partial charge in [-0.3, -0.25) is 24.6 Å². The minimum absolute atomic E-state index is 0.120. The largest absolute Gasteiger partial charge is 0.396 e. The molecule has 2 saturated heterocycles. The quantitative estimate of drug-likeness (QED) is 0.651. The standard InChI is InChI=1S/C21H28N4O4/c26-12-2-7-23-8-10-24(11-9-23)13-15-3-1-4-16-17(15)14-25(21(16)29)18-5-6-19(27)22-20(18)28/h1,3-4,18,26H,2,5-14H2,(H,22,27,28). The summed E-state index contributed by atoms with van der Waals surface area (Å²) in [6.45, 7) is 6.25. The molecule has 1 atom stereocenters. The van der Waals surface area contributed by atoms with Crippen molar-refractivity contribution in [2.24, 2.45) is 0 Å². The highest BCUT2D eigenvalue weighted by atomic mass is 16.3. The molecular weight excluding hydrogens is 372 g/mol. The van der Waals surface area contributed by atoms with Gasteiger partial charge in [-0.25, -0.2) is 0 Å². The molecular formula is C21H28N4O4. The number of hydrogen-bond donors (Lipinski definition) is 2. The highest BCUT2D eigenvalue weighted by Crippen LogP contribution is 2.30. The van der Waals surface area contributed by atoms with Gasteiger partial charge in [0.2, 0.25) is 11.8 Å². The number of carbonyl (C=O) groups is 3. The summed E-state index contributed by atoms with van der Waals surface area (Å²) in [5, 5.41) is 11.3.